The second-order valence-corrected chi connectivity index (χ2v) is 10.0. The molecule has 0 saturated carbocycles. The van der Waals surface area contributed by atoms with Crippen molar-refractivity contribution >= 4 is 26.8 Å². The molecule has 1 atom stereocenters. The van der Waals surface area contributed by atoms with Gasteiger partial charge in [-0.2, -0.15) is 13.2 Å². The highest BCUT2D eigenvalue weighted by Gasteiger charge is 2.39. The van der Waals surface area contributed by atoms with Gasteiger partial charge in [-0.1, -0.05) is 42.5 Å². The lowest BCUT2D eigenvalue weighted by Crippen LogP contribution is -2.38. The highest BCUT2D eigenvalue weighted by molar-refractivity contribution is 7.90. The normalized spacial score (nSPS) is 12.9. The van der Waals surface area contributed by atoms with Crippen LogP contribution in [0, 0.1) is 0 Å². The number of nitrogens with zero attached hydrogens (tertiary/aromatic N) is 1. The van der Waals surface area contributed by atoms with E-state index in [1.165, 1.54) is 30.1 Å². The van der Waals surface area contributed by atoms with Crippen molar-refractivity contribution in [1.82, 2.24) is 9.29 Å². The van der Waals surface area contributed by atoms with Crippen LogP contribution in [0.25, 0.3) is 10.9 Å². The van der Waals surface area contributed by atoms with E-state index in [4.69, 9.17) is 4.74 Å². The Morgan fingerprint density at radius 2 is 1.64 bits per heavy atom. The lowest BCUT2D eigenvalue weighted by Gasteiger charge is -2.16. The molecule has 0 saturated heterocycles. The van der Waals surface area contributed by atoms with Crippen LogP contribution < -0.4 is 10.1 Å². The Kier molecular flexibility index (Phi) is 6.81. The molecule has 6 nitrogen and oxygen atoms in total. The number of amides is 1. The number of methoxy groups -OCH3 is 1. The van der Waals surface area contributed by atoms with E-state index >= 15 is 0 Å². The minimum Gasteiger partial charge on any atom is -0.497 e. The summed E-state index contributed by atoms with van der Waals surface area (Å²) < 4.78 is 71.3. The zero-order valence-corrected chi connectivity index (χ0v) is 20.2. The van der Waals surface area contributed by atoms with E-state index in [9.17, 15) is 26.4 Å². The Labute approximate surface area is 206 Å². The van der Waals surface area contributed by atoms with E-state index in [1.54, 1.807) is 54.6 Å². The largest absolute Gasteiger partial charge is 0.497 e. The summed E-state index contributed by atoms with van der Waals surface area (Å²) in [6.45, 7) is 1.46. The summed E-state index contributed by atoms with van der Waals surface area (Å²) in [5, 5.41) is 2.68. The number of halogens is 3. The van der Waals surface area contributed by atoms with Gasteiger partial charge in [0.2, 0.25) is 0 Å². The fourth-order valence-electron chi connectivity index (χ4n) is 3.94. The molecule has 1 heterocycles. The van der Waals surface area contributed by atoms with E-state index < -0.39 is 28.1 Å². The predicted molar refractivity (Wildman–Crippen MR) is 129 cm³/mol. The first kappa shape index (κ1) is 25.3. The number of aromatic nitrogens is 1. The first-order chi connectivity index (χ1) is 17.0. The van der Waals surface area contributed by atoms with Crippen molar-refractivity contribution in [3.05, 3.63) is 95.7 Å². The number of hydrogen-bond donors (Lipinski definition) is 1. The quantitative estimate of drug-likeness (QED) is 0.366. The maximum atomic E-state index is 13.6. The monoisotopic (exact) mass is 516 g/mol. The minimum absolute atomic E-state index is 0.107. The molecule has 4 aromatic rings. The molecule has 0 aliphatic carbocycles. The van der Waals surface area contributed by atoms with Crippen molar-refractivity contribution in [3.8, 4) is 5.75 Å². The number of nitrogens with one attached hydrogen (secondary N) is 1. The molecular weight excluding hydrogens is 493 g/mol. The van der Waals surface area contributed by atoms with Crippen LogP contribution in [0.4, 0.5) is 13.2 Å². The van der Waals surface area contributed by atoms with Crippen molar-refractivity contribution in [2.24, 2.45) is 0 Å². The van der Waals surface area contributed by atoms with Gasteiger partial charge < -0.3 is 10.1 Å². The van der Waals surface area contributed by atoms with Crippen LogP contribution in [0.5, 0.6) is 5.75 Å². The van der Waals surface area contributed by atoms with E-state index in [-0.39, 0.29) is 11.3 Å². The summed E-state index contributed by atoms with van der Waals surface area (Å²) in [5.41, 5.74) is 2.30. The molecule has 1 N–H and O–H groups in total. The molecule has 10 heteroatoms. The topological polar surface area (TPSA) is 77.4 Å². The maximum absolute atomic E-state index is 13.6. The number of hydrogen-bond acceptors (Lipinski definition) is 4. The van der Waals surface area contributed by atoms with Crippen LogP contribution >= 0.6 is 0 Å². The third-order valence-corrected chi connectivity index (χ3v) is 7.59. The Balaban J connectivity index is 1.66. The van der Waals surface area contributed by atoms with Gasteiger partial charge in [0, 0.05) is 17.5 Å². The Morgan fingerprint density at radius 1 is 1.00 bits per heavy atom. The molecule has 1 unspecified atom stereocenters. The summed E-state index contributed by atoms with van der Waals surface area (Å²) in [4.78, 5) is 11.3. The van der Waals surface area contributed by atoms with Gasteiger partial charge in [-0.05, 0) is 54.4 Å². The van der Waals surface area contributed by atoms with Gasteiger partial charge in [-0.25, -0.2) is 12.4 Å². The number of para-hydroxylation sites is 1. The van der Waals surface area contributed by atoms with Crippen LogP contribution in [0.15, 0.2) is 83.8 Å². The average molecular weight is 517 g/mol. The lowest BCUT2D eigenvalue weighted by molar-refractivity contribution is -0.174. The van der Waals surface area contributed by atoms with Crippen molar-refractivity contribution in [1.29, 1.82) is 0 Å². The molecule has 0 aliphatic rings. The van der Waals surface area contributed by atoms with Gasteiger partial charge in [0.15, 0.2) is 0 Å². The third kappa shape index (κ3) is 5.08. The van der Waals surface area contributed by atoms with Crippen molar-refractivity contribution < 1.29 is 31.1 Å². The number of carbonyl (C=O) groups is 1. The van der Waals surface area contributed by atoms with Gasteiger partial charge in [0.05, 0.1) is 23.6 Å². The second-order valence-electron chi connectivity index (χ2n) is 8.25. The van der Waals surface area contributed by atoms with E-state index in [1.807, 2.05) is 17.4 Å². The van der Waals surface area contributed by atoms with Crippen LogP contribution in [-0.4, -0.2) is 31.6 Å². The maximum Gasteiger partial charge on any atom is 0.471 e. The zero-order valence-electron chi connectivity index (χ0n) is 19.4. The van der Waals surface area contributed by atoms with Gasteiger partial charge >= 0.3 is 12.1 Å². The SMILES string of the molecule is COc1ccc(S(=O)(=O)n2c(Cc3ccc(C(C)NC(=O)C(F)(F)F)cc3)cc3ccccc32)cc1. The van der Waals surface area contributed by atoms with Gasteiger partial charge in [0.1, 0.15) is 5.75 Å². The van der Waals surface area contributed by atoms with Gasteiger partial charge in [-0.15, -0.1) is 0 Å². The molecule has 0 fully saturated rings. The third-order valence-electron chi connectivity index (χ3n) is 5.81. The molecule has 0 aliphatic heterocycles. The Hall–Kier alpha value is -3.79. The zero-order chi connectivity index (χ0) is 26.1. The molecule has 0 radical (unpaired) electrons. The number of carbonyl (C=O) groups excluding carboxylic acids is 1. The van der Waals surface area contributed by atoms with Crippen molar-refractivity contribution in [2.75, 3.05) is 7.11 Å². The van der Waals surface area contributed by atoms with Gasteiger partial charge in [-0.3, -0.25) is 4.79 Å². The minimum atomic E-state index is -4.96. The number of rotatable bonds is 7. The number of alkyl halides is 3. The summed E-state index contributed by atoms with van der Waals surface area (Å²) in [6, 6.07) is 20.8. The van der Waals surface area contributed by atoms with Crippen LogP contribution in [0.1, 0.15) is 29.8 Å². The Bertz CT molecular complexity index is 1490. The summed E-state index contributed by atoms with van der Waals surface area (Å²) in [7, 11) is -2.44. The lowest BCUT2D eigenvalue weighted by atomic mass is 10.0. The standard InChI is InChI=1S/C26H23F3N2O4S/c1-17(30-25(32)26(27,28)29)19-9-7-18(8-10-19)15-21-16-20-5-3-4-6-24(20)31(21)36(33,34)23-13-11-22(35-2)12-14-23/h3-14,16-17H,15H2,1-2H3,(H,30,32). The molecule has 36 heavy (non-hydrogen) atoms. The van der Waals surface area contributed by atoms with Crippen molar-refractivity contribution in [2.45, 2.75) is 30.5 Å². The number of benzene rings is 3. The molecule has 0 spiro atoms. The predicted octanol–water partition coefficient (Wildman–Crippen LogP) is 5.22. The van der Waals surface area contributed by atoms with E-state index in [0.717, 1.165) is 10.9 Å². The fraction of sp³-hybridized carbons (Fsp3) is 0.192. The fourth-order valence-corrected chi connectivity index (χ4v) is 5.48. The smallest absolute Gasteiger partial charge is 0.471 e. The molecule has 3 aromatic carbocycles. The average Bonchev–Trinajstić information content (AvgIpc) is 3.22. The summed E-state index contributed by atoms with van der Waals surface area (Å²) in [6.07, 6.45) is -4.70. The summed E-state index contributed by atoms with van der Waals surface area (Å²) >= 11 is 0. The molecular formula is C26H23F3N2O4S. The van der Waals surface area contributed by atoms with Crippen LogP contribution in [0.2, 0.25) is 0 Å². The van der Waals surface area contributed by atoms with E-state index in [0.29, 0.717) is 22.5 Å². The molecule has 0 bridgehead atoms. The summed E-state index contributed by atoms with van der Waals surface area (Å²) in [5.74, 6) is -1.47. The van der Waals surface area contributed by atoms with Crippen LogP contribution in [0.3, 0.4) is 0 Å². The first-order valence-corrected chi connectivity index (χ1v) is 12.4. The molecule has 1 aromatic heterocycles. The number of fused-ring (bicyclic) bond motifs is 1. The molecule has 188 valence electrons. The second kappa shape index (κ2) is 9.69. The molecule has 4 rings (SSSR count). The Morgan fingerprint density at radius 3 is 2.25 bits per heavy atom. The van der Waals surface area contributed by atoms with E-state index in [2.05, 4.69) is 0 Å². The first-order valence-electron chi connectivity index (χ1n) is 11.0. The molecule has 1 amide bonds. The highest BCUT2D eigenvalue weighted by atomic mass is 32.2. The van der Waals surface area contributed by atoms with Crippen molar-refractivity contribution in [3.63, 3.8) is 0 Å². The van der Waals surface area contributed by atoms with Gasteiger partial charge in [0.25, 0.3) is 10.0 Å². The highest BCUT2D eigenvalue weighted by Crippen LogP contribution is 2.28. The number of ether oxygens (including phenoxy) is 1. The van der Waals surface area contributed by atoms with Crippen LogP contribution in [-0.2, 0) is 21.2 Å².